The summed E-state index contributed by atoms with van der Waals surface area (Å²) >= 11 is 0. The van der Waals surface area contributed by atoms with Crippen molar-refractivity contribution < 1.29 is 18.0 Å². The Morgan fingerprint density at radius 1 is 1.39 bits per heavy atom. The molecule has 0 unspecified atom stereocenters. The second-order valence-electron chi connectivity index (χ2n) is 4.78. The van der Waals surface area contributed by atoms with Crippen molar-refractivity contribution in [2.75, 3.05) is 0 Å². The Bertz CT molecular complexity index is 847. The van der Waals surface area contributed by atoms with Gasteiger partial charge in [0.2, 0.25) is 5.78 Å². The molecule has 0 fully saturated rings. The van der Waals surface area contributed by atoms with Gasteiger partial charge in [0.15, 0.2) is 0 Å². The summed E-state index contributed by atoms with van der Waals surface area (Å²) in [5, 5.41) is 1.31. The van der Waals surface area contributed by atoms with Gasteiger partial charge in [0, 0.05) is 22.3 Å². The highest BCUT2D eigenvalue weighted by Crippen LogP contribution is 2.27. The molecule has 0 saturated heterocycles. The van der Waals surface area contributed by atoms with Crippen molar-refractivity contribution in [1.82, 2.24) is 9.97 Å². The number of ketones is 1. The normalized spacial score (nSPS) is 13.4. The molecular weight excluding hydrogens is 305 g/mol. The van der Waals surface area contributed by atoms with E-state index in [2.05, 4.69) is 16.5 Å². The number of nitrogens with zero attached hydrogens (tertiary/aromatic N) is 1. The zero-order valence-corrected chi connectivity index (χ0v) is 12.4. The number of allylic oxidation sites excluding steroid dienone is 1. The van der Waals surface area contributed by atoms with E-state index in [0.717, 1.165) is 17.8 Å². The highest BCUT2D eigenvalue weighted by molar-refractivity contribution is 6.07. The van der Waals surface area contributed by atoms with E-state index in [9.17, 15) is 18.0 Å². The largest absolute Gasteiger partial charge is 0.433 e. The van der Waals surface area contributed by atoms with Crippen molar-refractivity contribution in [3.63, 3.8) is 0 Å². The van der Waals surface area contributed by atoms with E-state index < -0.39 is 17.7 Å². The van der Waals surface area contributed by atoms with E-state index in [1.165, 1.54) is 24.4 Å². The van der Waals surface area contributed by atoms with Gasteiger partial charge in [0.05, 0.1) is 0 Å². The molecule has 2 heterocycles. The number of halogens is 3. The Balaban J connectivity index is 2.57. The average molecular weight is 320 g/mol. The van der Waals surface area contributed by atoms with Crippen molar-refractivity contribution in [2.45, 2.75) is 19.5 Å². The van der Waals surface area contributed by atoms with Crippen LogP contribution in [0.4, 0.5) is 13.2 Å². The smallest absolute Gasteiger partial charge is 0.361 e. The van der Waals surface area contributed by atoms with Crippen LogP contribution in [0.1, 0.15) is 35.1 Å². The summed E-state index contributed by atoms with van der Waals surface area (Å²) in [6.07, 6.45) is 2.66. The molecule has 0 aliphatic rings. The van der Waals surface area contributed by atoms with Gasteiger partial charge in [-0.05, 0) is 18.6 Å². The first-order valence-corrected chi connectivity index (χ1v) is 6.97. The Morgan fingerprint density at radius 3 is 2.74 bits per heavy atom. The zero-order chi connectivity index (χ0) is 17.0. The van der Waals surface area contributed by atoms with E-state index in [-0.39, 0.29) is 11.3 Å². The minimum atomic E-state index is -4.59. The molecule has 0 amide bonds. The average Bonchev–Trinajstić information content (AvgIpc) is 2.90. The number of rotatable bonds is 4. The monoisotopic (exact) mass is 320 g/mol. The van der Waals surface area contributed by atoms with Gasteiger partial charge in [-0.2, -0.15) is 13.2 Å². The number of alkyl halides is 3. The van der Waals surface area contributed by atoms with Crippen molar-refractivity contribution in [1.29, 1.82) is 0 Å². The quantitative estimate of drug-likeness (QED) is 0.881. The predicted molar refractivity (Wildman–Crippen MR) is 82.1 cm³/mol. The first-order valence-electron chi connectivity index (χ1n) is 6.97. The maximum absolute atomic E-state index is 12.7. The summed E-state index contributed by atoms with van der Waals surface area (Å²) < 4.78 is 38.2. The maximum Gasteiger partial charge on any atom is 0.433 e. The fraction of sp³-hybridized carbons (Fsp3) is 0.176. The third-order valence-corrected chi connectivity index (χ3v) is 3.16. The van der Waals surface area contributed by atoms with Crippen LogP contribution in [0.2, 0.25) is 0 Å². The first kappa shape index (κ1) is 16.7. The van der Waals surface area contributed by atoms with E-state index in [1.807, 2.05) is 13.0 Å². The molecule has 2 rings (SSSR count). The second-order valence-corrected chi connectivity index (χ2v) is 4.78. The number of aromatic amines is 1. The van der Waals surface area contributed by atoms with Crippen molar-refractivity contribution in [2.24, 2.45) is 0 Å². The minimum Gasteiger partial charge on any atom is -0.361 e. The van der Waals surface area contributed by atoms with Gasteiger partial charge >= 0.3 is 6.18 Å². The molecule has 0 aromatic carbocycles. The third kappa shape index (κ3) is 3.59. The zero-order valence-electron chi connectivity index (χ0n) is 12.4. The fourth-order valence-electron chi connectivity index (χ4n) is 2.17. The number of carbonyl (C=O) groups excluding carboxylic acids is 1. The number of H-pyrrole nitrogens is 1. The lowest BCUT2D eigenvalue weighted by atomic mass is 10.1. The molecule has 23 heavy (non-hydrogen) atoms. The first-order chi connectivity index (χ1) is 10.9. The fourth-order valence-corrected chi connectivity index (χ4v) is 2.17. The lowest BCUT2D eigenvalue weighted by Gasteiger charge is -2.06. The molecule has 1 N–H and O–H groups in total. The summed E-state index contributed by atoms with van der Waals surface area (Å²) in [7, 11) is 0. The summed E-state index contributed by atoms with van der Waals surface area (Å²) in [6.45, 7) is 5.54. The highest BCUT2D eigenvalue weighted by Gasteiger charge is 2.33. The van der Waals surface area contributed by atoms with Gasteiger partial charge in [-0.25, -0.2) is 4.98 Å². The van der Waals surface area contributed by atoms with Crippen LogP contribution in [0.5, 0.6) is 0 Å². The molecule has 3 nitrogen and oxygen atoms in total. The Labute approximate surface area is 130 Å². The topological polar surface area (TPSA) is 45.8 Å². The van der Waals surface area contributed by atoms with E-state index in [4.69, 9.17) is 0 Å². The van der Waals surface area contributed by atoms with E-state index in [1.54, 1.807) is 6.08 Å². The van der Waals surface area contributed by atoms with Gasteiger partial charge in [0.25, 0.3) is 0 Å². The molecule has 6 heteroatoms. The molecule has 0 aliphatic carbocycles. The second kappa shape index (κ2) is 6.64. The molecule has 0 aliphatic heterocycles. The Hall–Kier alpha value is -2.63. The van der Waals surface area contributed by atoms with Crippen LogP contribution in [0.3, 0.4) is 0 Å². The van der Waals surface area contributed by atoms with Gasteiger partial charge < -0.3 is 4.98 Å². The molecule has 2 aromatic rings. The molecule has 0 spiro atoms. The van der Waals surface area contributed by atoms with Crippen LogP contribution in [0, 0.1) is 0 Å². The minimum absolute atomic E-state index is 0.249. The summed E-state index contributed by atoms with van der Waals surface area (Å²) in [5.41, 5.74) is -1.08. The number of hydrogen-bond donors (Lipinski definition) is 1. The molecule has 2 aromatic heterocycles. The predicted octanol–water partition coefficient (Wildman–Crippen LogP) is 2.82. The van der Waals surface area contributed by atoms with Crippen LogP contribution < -0.4 is 10.6 Å². The highest BCUT2D eigenvalue weighted by atomic mass is 19.4. The SMILES string of the molecule is C=C/C=c1/c(C(=O)c2cccc(C(F)(F)F)n2)c[nH]/c1=C/CC. The van der Waals surface area contributed by atoms with Crippen LogP contribution in [0.15, 0.2) is 37.1 Å². The van der Waals surface area contributed by atoms with Crippen LogP contribution >= 0.6 is 0 Å². The number of carbonyl (C=O) groups is 1. The number of pyridine rings is 1. The lowest BCUT2D eigenvalue weighted by Crippen LogP contribution is -2.27. The molecule has 0 saturated carbocycles. The molecule has 120 valence electrons. The number of nitrogens with one attached hydrogen (secondary N) is 1. The molecule has 0 radical (unpaired) electrons. The molecular formula is C17H15F3N2O. The number of hydrogen-bond acceptors (Lipinski definition) is 2. The summed E-state index contributed by atoms with van der Waals surface area (Å²) in [4.78, 5) is 18.9. The van der Waals surface area contributed by atoms with E-state index >= 15 is 0 Å². The van der Waals surface area contributed by atoms with E-state index in [0.29, 0.717) is 5.22 Å². The Kier molecular flexibility index (Phi) is 4.83. The lowest BCUT2D eigenvalue weighted by molar-refractivity contribution is -0.141. The van der Waals surface area contributed by atoms with Crippen LogP contribution in [-0.4, -0.2) is 15.8 Å². The van der Waals surface area contributed by atoms with Crippen LogP contribution in [0.25, 0.3) is 12.2 Å². The maximum atomic E-state index is 12.7. The number of aromatic nitrogens is 2. The van der Waals surface area contributed by atoms with Crippen molar-refractivity contribution in [3.8, 4) is 0 Å². The molecule has 0 bridgehead atoms. The molecule has 0 atom stereocenters. The summed E-state index contributed by atoms with van der Waals surface area (Å²) in [5.74, 6) is -0.573. The Morgan fingerprint density at radius 2 is 2.13 bits per heavy atom. The van der Waals surface area contributed by atoms with Gasteiger partial charge in [-0.3, -0.25) is 4.79 Å². The standard InChI is InChI=1S/C17H15F3N2O/c1-3-6-11-12(10-21-13(11)7-4-2)16(23)14-8-5-9-15(22-14)17(18,19)20/h3,5-10,21H,1,4H2,2H3/b11-6-,13-7+. The van der Waals surface area contributed by atoms with Crippen molar-refractivity contribution >= 4 is 17.9 Å². The van der Waals surface area contributed by atoms with Gasteiger partial charge in [-0.15, -0.1) is 0 Å². The van der Waals surface area contributed by atoms with Gasteiger partial charge in [0.1, 0.15) is 11.4 Å². The van der Waals surface area contributed by atoms with Gasteiger partial charge in [-0.1, -0.05) is 37.8 Å². The summed E-state index contributed by atoms with van der Waals surface area (Å²) in [6, 6.07) is 3.28. The third-order valence-electron chi connectivity index (χ3n) is 3.16. The van der Waals surface area contributed by atoms with Crippen molar-refractivity contribution in [3.05, 3.63) is 64.6 Å². The van der Waals surface area contributed by atoms with Crippen LogP contribution in [-0.2, 0) is 6.18 Å².